The number of halogens is 1. The van der Waals surface area contributed by atoms with Crippen LogP contribution < -0.4 is 5.32 Å². The lowest BCUT2D eigenvalue weighted by Gasteiger charge is -2.05. The van der Waals surface area contributed by atoms with Crippen molar-refractivity contribution in [3.8, 4) is 0 Å². The molecule has 0 saturated carbocycles. The van der Waals surface area contributed by atoms with Crippen LogP contribution in [0.4, 0.5) is 0 Å². The van der Waals surface area contributed by atoms with Crippen LogP contribution in [0.5, 0.6) is 0 Å². The Balaban J connectivity index is 0.000000640. The van der Waals surface area contributed by atoms with E-state index in [0.717, 1.165) is 26.1 Å². The average molecular weight is 152 g/mol. The highest BCUT2D eigenvalue weighted by Crippen LogP contribution is 1.94. The zero-order valence-electron chi connectivity index (χ0n) is 5.72. The van der Waals surface area contributed by atoms with Gasteiger partial charge in [0, 0.05) is 13.2 Å². The maximum Gasteiger partial charge on any atom is 0.0671 e. The molecule has 2 nitrogen and oxygen atoms in total. The average Bonchev–Trinajstić information content (AvgIpc) is 1.94. The SMILES string of the molecule is CC1CNCCCO1.Cl. The van der Waals surface area contributed by atoms with Gasteiger partial charge >= 0.3 is 0 Å². The largest absolute Gasteiger partial charge is 0.377 e. The third-order valence-electron chi connectivity index (χ3n) is 1.33. The molecule has 9 heavy (non-hydrogen) atoms. The summed E-state index contributed by atoms with van der Waals surface area (Å²) in [7, 11) is 0. The predicted molar refractivity (Wildman–Crippen MR) is 40.1 cm³/mol. The van der Waals surface area contributed by atoms with Crippen molar-refractivity contribution in [3.63, 3.8) is 0 Å². The molecule has 56 valence electrons. The van der Waals surface area contributed by atoms with E-state index in [2.05, 4.69) is 12.2 Å². The summed E-state index contributed by atoms with van der Waals surface area (Å²) < 4.78 is 5.34. The molecule has 0 aromatic carbocycles. The summed E-state index contributed by atoms with van der Waals surface area (Å²) in [5.41, 5.74) is 0. The van der Waals surface area contributed by atoms with Crippen LogP contribution in [0, 0.1) is 0 Å². The maximum atomic E-state index is 5.34. The van der Waals surface area contributed by atoms with Gasteiger partial charge in [-0.25, -0.2) is 0 Å². The van der Waals surface area contributed by atoms with E-state index in [-0.39, 0.29) is 12.4 Å². The van der Waals surface area contributed by atoms with Crippen molar-refractivity contribution in [1.82, 2.24) is 5.32 Å². The summed E-state index contributed by atoms with van der Waals surface area (Å²) in [5.74, 6) is 0. The lowest BCUT2D eigenvalue weighted by molar-refractivity contribution is 0.0804. The molecule has 1 fully saturated rings. The van der Waals surface area contributed by atoms with Crippen LogP contribution in [0.15, 0.2) is 0 Å². The smallest absolute Gasteiger partial charge is 0.0671 e. The van der Waals surface area contributed by atoms with E-state index in [1.165, 1.54) is 0 Å². The van der Waals surface area contributed by atoms with Crippen molar-refractivity contribution in [1.29, 1.82) is 0 Å². The lowest BCUT2D eigenvalue weighted by atomic mass is 10.4. The first kappa shape index (κ1) is 9.21. The van der Waals surface area contributed by atoms with E-state index < -0.39 is 0 Å². The minimum absolute atomic E-state index is 0. The topological polar surface area (TPSA) is 21.3 Å². The van der Waals surface area contributed by atoms with Gasteiger partial charge < -0.3 is 10.1 Å². The molecule has 1 heterocycles. The highest BCUT2D eigenvalue weighted by atomic mass is 35.5. The molecule has 0 aliphatic carbocycles. The quantitative estimate of drug-likeness (QED) is 0.553. The van der Waals surface area contributed by atoms with Crippen molar-refractivity contribution in [2.45, 2.75) is 19.4 Å². The third-order valence-corrected chi connectivity index (χ3v) is 1.33. The maximum absolute atomic E-state index is 5.34. The Morgan fingerprint density at radius 2 is 2.33 bits per heavy atom. The summed E-state index contributed by atoms with van der Waals surface area (Å²) in [6.45, 7) is 5.15. The van der Waals surface area contributed by atoms with Gasteiger partial charge in [0.15, 0.2) is 0 Å². The van der Waals surface area contributed by atoms with Crippen LogP contribution in [0.25, 0.3) is 0 Å². The Hall–Kier alpha value is 0.210. The second-order valence-corrected chi connectivity index (χ2v) is 2.24. The van der Waals surface area contributed by atoms with E-state index >= 15 is 0 Å². The fourth-order valence-electron chi connectivity index (χ4n) is 0.846. The predicted octanol–water partition coefficient (Wildman–Crippen LogP) is 0.807. The first-order chi connectivity index (χ1) is 3.89. The molecule has 1 N–H and O–H groups in total. The molecule has 0 amide bonds. The Labute approximate surface area is 62.4 Å². The third kappa shape index (κ3) is 3.73. The molecule has 1 saturated heterocycles. The van der Waals surface area contributed by atoms with Crippen LogP contribution >= 0.6 is 12.4 Å². The van der Waals surface area contributed by atoms with Crippen LogP contribution in [0.3, 0.4) is 0 Å². The highest BCUT2D eigenvalue weighted by molar-refractivity contribution is 5.85. The summed E-state index contributed by atoms with van der Waals surface area (Å²) in [6, 6.07) is 0. The Morgan fingerprint density at radius 3 is 3.11 bits per heavy atom. The van der Waals surface area contributed by atoms with Gasteiger partial charge in [-0.3, -0.25) is 0 Å². The number of nitrogens with one attached hydrogen (secondary N) is 1. The van der Waals surface area contributed by atoms with Crippen LogP contribution in [0.1, 0.15) is 13.3 Å². The van der Waals surface area contributed by atoms with E-state index in [0.29, 0.717) is 6.10 Å². The Kier molecular flexibility index (Phi) is 5.15. The van der Waals surface area contributed by atoms with Gasteiger partial charge in [0.1, 0.15) is 0 Å². The van der Waals surface area contributed by atoms with Gasteiger partial charge in [-0.05, 0) is 19.9 Å². The van der Waals surface area contributed by atoms with Crippen LogP contribution in [-0.4, -0.2) is 25.8 Å². The van der Waals surface area contributed by atoms with Crippen LogP contribution in [0.2, 0.25) is 0 Å². The van der Waals surface area contributed by atoms with Gasteiger partial charge in [-0.2, -0.15) is 0 Å². The lowest BCUT2D eigenvalue weighted by Crippen LogP contribution is -2.22. The molecule has 1 atom stereocenters. The van der Waals surface area contributed by atoms with Gasteiger partial charge in [0.25, 0.3) is 0 Å². The molecule has 1 aliphatic heterocycles. The number of rotatable bonds is 0. The zero-order valence-corrected chi connectivity index (χ0v) is 6.54. The molecule has 1 aliphatic rings. The van der Waals surface area contributed by atoms with Gasteiger partial charge in [0.05, 0.1) is 6.10 Å². The Bertz CT molecular complexity index is 62.1. The van der Waals surface area contributed by atoms with Crippen molar-refractivity contribution in [2.75, 3.05) is 19.7 Å². The van der Waals surface area contributed by atoms with Crippen molar-refractivity contribution in [3.05, 3.63) is 0 Å². The normalized spacial score (nSPS) is 28.3. The molecule has 0 bridgehead atoms. The molecule has 0 radical (unpaired) electrons. The Morgan fingerprint density at radius 1 is 1.56 bits per heavy atom. The van der Waals surface area contributed by atoms with Crippen LogP contribution in [-0.2, 0) is 4.74 Å². The standard InChI is InChI=1S/C6H13NO.ClH/c1-6-5-7-3-2-4-8-6;/h6-7H,2-5H2,1H3;1H. The van der Waals surface area contributed by atoms with Gasteiger partial charge in [-0.1, -0.05) is 0 Å². The molecule has 1 unspecified atom stereocenters. The molecular weight excluding hydrogens is 138 g/mol. The summed E-state index contributed by atoms with van der Waals surface area (Å²) in [5, 5.41) is 3.27. The number of hydrogen-bond donors (Lipinski definition) is 1. The number of hydrogen-bond acceptors (Lipinski definition) is 2. The molecule has 0 aromatic heterocycles. The highest BCUT2D eigenvalue weighted by Gasteiger charge is 2.03. The monoisotopic (exact) mass is 151 g/mol. The van der Waals surface area contributed by atoms with E-state index in [1.54, 1.807) is 0 Å². The van der Waals surface area contributed by atoms with Crippen molar-refractivity contribution in [2.24, 2.45) is 0 Å². The molecule has 0 aromatic rings. The number of ether oxygens (including phenoxy) is 1. The first-order valence-corrected chi connectivity index (χ1v) is 3.22. The minimum atomic E-state index is 0. The second-order valence-electron chi connectivity index (χ2n) is 2.24. The van der Waals surface area contributed by atoms with E-state index in [4.69, 9.17) is 4.74 Å². The summed E-state index contributed by atoms with van der Waals surface area (Å²) in [4.78, 5) is 0. The molecule has 1 rings (SSSR count). The van der Waals surface area contributed by atoms with Crippen molar-refractivity contribution >= 4 is 12.4 Å². The van der Waals surface area contributed by atoms with E-state index in [1.807, 2.05) is 0 Å². The van der Waals surface area contributed by atoms with Gasteiger partial charge in [0.2, 0.25) is 0 Å². The first-order valence-electron chi connectivity index (χ1n) is 3.22. The summed E-state index contributed by atoms with van der Waals surface area (Å²) >= 11 is 0. The second kappa shape index (κ2) is 5.03. The van der Waals surface area contributed by atoms with Crippen molar-refractivity contribution < 1.29 is 4.74 Å². The fourth-order valence-corrected chi connectivity index (χ4v) is 0.846. The molecule has 3 heteroatoms. The zero-order chi connectivity index (χ0) is 5.82. The minimum Gasteiger partial charge on any atom is -0.377 e. The fraction of sp³-hybridized carbons (Fsp3) is 1.00. The van der Waals surface area contributed by atoms with E-state index in [9.17, 15) is 0 Å². The van der Waals surface area contributed by atoms with Gasteiger partial charge in [-0.15, -0.1) is 12.4 Å². The molecular formula is C6H14ClNO. The molecule has 0 spiro atoms. The summed E-state index contributed by atoms with van der Waals surface area (Å²) in [6.07, 6.45) is 1.57.